The first-order chi connectivity index (χ1) is 8.73. The third kappa shape index (κ3) is 3.22. The fourth-order valence-electron chi connectivity index (χ4n) is 2.38. The molecule has 0 nitrogen and oxygen atoms in total. The van der Waals surface area contributed by atoms with Crippen molar-refractivity contribution in [1.29, 1.82) is 0 Å². The van der Waals surface area contributed by atoms with E-state index in [0.717, 1.165) is 6.42 Å². The molecule has 18 heavy (non-hydrogen) atoms. The van der Waals surface area contributed by atoms with E-state index in [0.29, 0.717) is 5.41 Å². The Balaban J connectivity index is 2.02. The van der Waals surface area contributed by atoms with E-state index in [2.05, 4.69) is 74.6 Å². The van der Waals surface area contributed by atoms with E-state index in [9.17, 15) is 0 Å². The van der Waals surface area contributed by atoms with Crippen molar-refractivity contribution in [1.82, 2.24) is 0 Å². The molecule has 2 rings (SSSR count). The molecule has 1 aliphatic rings. The molecule has 1 aromatic carbocycles. The van der Waals surface area contributed by atoms with Crippen molar-refractivity contribution >= 4 is 5.57 Å². The monoisotopic (exact) mass is 238 g/mol. The van der Waals surface area contributed by atoms with Gasteiger partial charge in [0.05, 0.1) is 0 Å². The lowest BCUT2D eigenvalue weighted by molar-refractivity contribution is 0.398. The first kappa shape index (κ1) is 12.9. The van der Waals surface area contributed by atoms with Crippen molar-refractivity contribution in [3.8, 4) is 0 Å². The fraction of sp³-hybridized carbons (Fsp3) is 0.333. The molecule has 1 unspecified atom stereocenters. The van der Waals surface area contributed by atoms with Gasteiger partial charge in [-0.3, -0.25) is 0 Å². The minimum absolute atomic E-state index is 0.331. The number of allylic oxidation sites excluding steroid dienone is 6. The van der Waals surface area contributed by atoms with Gasteiger partial charge in [0.25, 0.3) is 0 Å². The SMILES string of the molecule is C/C=C\CCC1(C)C=CC(c2ccccc2)=CC1. The third-order valence-electron chi connectivity index (χ3n) is 3.68. The standard InChI is InChI=1S/C18H22/c1-3-4-8-13-18(2)14-11-17(12-15-18)16-9-6-5-7-10-16/h3-7,9-12,14H,8,13,15H2,1-2H3/b4-3-. The molecule has 0 fully saturated rings. The molecular formula is C18H22. The Hall–Kier alpha value is -1.56. The smallest absolute Gasteiger partial charge is 0.0105 e. The molecule has 0 heteroatoms. The van der Waals surface area contributed by atoms with Gasteiger partial charge in [-0.15, -0.1) is 0 Å². The molecule has 0 saturated carbocycles. The summed E-state index contributed by atoms with van der Waals surface area (Å²) in [6.07, 6.45) is 15.0. The molecule has 0 bridgehead atoms. The van der Waals surface area contributed by atoms with Crippen molar-refractivity contribution in [2.75, 3.05) is 0 Å². The lowest BCUT2D eigenvalue weighted by Gasteiger charge is -2.27. The first-order valence-electron chi connectivity index (χ1n) is 6.79. The van der Waals surface area contributed by atoms with Gasteiger partial charge in [-0.05, 0) is 42.7 Å². The van der Waals surface area contributed by atoms with Crippen molar-refractivity contribution in [3.63, 3.8) is 0 Å². The van der Waals surface area contributed by atoms with Crippen LogP contribution >= 0.6 is 0 Å². The average Bonchev–Trinajstić information content (AvgIpc) is 2.41. The van der Waals surface area contributed by atoms with Crippen LogP contribution in [-0.2, 0) is 0 Å². The van der Waals surface area contributed by atoms with E-state index >= 15 is 0 Å². The highest BCUT2D eigenvalue weighted by Crippen LogP contribution is 2.36. The highest BCUT2D eigenvalue weighted by Gasteiger charge is 2.21. The van der Waals surface area contributed by atoms with Gasteiger partial charge in [-0.25, -0.2) is 0 Å². The average molecular weight is 238 g/mol. The Morgan fingerprint density at radius 2 is 2.00 bits per heavy atom. The molecule has 0 N–H and O–H groups in total. The molecule has 1 aliphatic carbocycles. The summed E-state index contributed by atoms with van der Waals surface area (Å²) in [5.74, 6) is 0. The maximum absolute atomic E-state index is 2.39. The van der Waals surface area contributed by atoms with Crippen LogP contribution < -0.4 is 0 Å². The van der Waals surface area contributed by atoms with Crippen LogP contribution in [0, 0.1) is 5.41 Å². The first-order valence-corrected chi connectivity index (χ1v) is 6.79. The van der Waals surface area contributed by atoms with E-state index in [1.54, 1.807) is 0 Å². The quantitative estimate of drug-likeness (QED) is 0.617. The molecule has 94 valence electrons. The van der Waals surface area contributed by atoms with Crippen LogP contribution in [0.25, 0.3) is 5.57 Å². The number of hydrogen-bond acceptors (Lipinski definition) is 0. The molecule has 0 aromatic heterocycles. The Bertz CT molecular complexity index is 462. The van der Waals surface area contributed by atoms with Crippen LogP contribution in [0.3, 0.4) is 0 Å². The molecule has 0 saturated heterocycles. The van der Waals surface area contributed by atoms with Crippen LogP contribution in [0.1, 0.15) is 38.7 Å². The van der Waals surface area contributed by atoms with Crippen molar-refractivity contribution in [2.24, 2.45) is 5.41 Å². The summed E-state index contributed by atoms with van der Waals surface area (Å²) in [5, 5.41) is 0. The van der Waals surface area contributed by atoms with Gasteiger partial charge >= 0.3 is 0 Å². The van der Waals surface area contributed by atoms with Crippen LogP contribution in [0.4, 0.5) is 0 Å². The lowest BCUT2D eigenvalue weighted by atomic mass is 9.77. The minimum Gasteiger partial charge on any atom is -0.0917 e. The minimum atomic E-state index is 0.331. The molecule has 1 aromatic rings. The maximum atomic E-state index is 2.39. The molecule has 0 aliphatic heterocycles. The van der Waals surface area contributed by atoms with Gasteiger partial charge in [-0.2, -0.15) is 0 Å². The van der Waals surface area contributed by atoms with Crippen molar-refractivity contribution in [3.05, 3.63) is 66.3 Å². The van der Waals surface area contributed by atoms with Crippen molar-refractivity contribution < 1.29 is 0 Å². The highest BCUT2D eigenvalue weighted by molar-refractivity contribution is 5.75. The van der Waals surface area contributed by atoms with Gasteiger partial charge in [0.15, 0.2) is 0 Å². The van der Waals surface area contributed by atoms with E-state index < -0.39 is 0 Å². The Kier molecular flexibility index (Phi) is 4.19. The molecule has 0 spiro atoms. The summed E-state index contributed by atoms with van der Waals surface area (Å²) >= 11 is 0. The normalized spacial score (nSPS) is 23.3. The number of hydrogen-bond donors (Lipinski definition) is 0. The van der Waals surface area contributed by atoms with E-state index in [-0.39, 0.29) is 0 Å². The number of benzene rings is 1. The van der Waals surface area contributed by atoms with Gasteiger partial charge in [0.1, 0.15) is 0 Å². The molecule has 0 heterocycles. The fourth-order valence-corrected chi connectivity index (χ4v) is 2.38. The second-order valence-electron chi connectivity index (χ2n) is 5.32. The molecule has 1 atom stereocenters. The zero-order valence-corrected chi connectivity index (χ0v) is 11.4. The number of rotatable bonds is 4. The summed E-state index contributed by atoms with van der Waals surface area (Å²) < 4.78 is 0. The third-order valence-corrected chi connectivity index (χ3v) is 3.68. The molecule has 0 radical (unpaired) electrons. The lowest BCUT2D eigenvalue weighted by Crippen LogP contribution is -2.14. The molecular weight excluding hydrogens is 216 g/mol. The van der Waals surface area contributed by atoms with Gasteiger partial charge in [0, 0.05) is 0 Å². The highest BCUT2D eigenvalue weighted by atomic mass is 14.3. The predicted molar refractivity (Wildman–Crippen MR) is 80.3 cm³/mol. The van der Waals surface area contributed by atoms with Gasteiger partial charge in [0.2, 0.25) is 0 Å². The van der Waals surface area contributed by atoms with Gasteiger partial charge < -0.3 is 0 Å². The topological polar surface area (TPSA) is 0 Å². The van der Waals surface area contributed by atoms with Crippen LogP contribution in [0.5, 0.6) is 0 Å². The summed E-state index contributed by atoms with van der Waals surface area (Å²) in [6.45, 7) is 4.44. The largest absolute Gasteiger partial charge is 0.0917 e. The molecule has 0 amide bonds. The Labute approximate surface area is 111 Å². The second-order valence-corrected chi connectivity index (χ2v) is 5.32. The Morgan fingerprint density at radius 3 is 2.61 bits per heavy atom. The summed E-state index contributed by atoms with van der Waals surface area (Å²) in [6, 6.07) is 10.6. The van der Waals surface area contributed by atoms with Crippen LogP contribution in [-0.4, -0.2) is 0 Å². The van der Waals surface area contributed by atoms with Crippen LogP contribution in [0.15, 0.2) is 60.7 Å². The second kappa shape index (κ2) is 5.86. The van der Waals surface area contributed by atoms with E-state index in [4.69, 9.17) is 0 Å². The Morgan fingerprint density at radius 1 is 1.22 bits per heavy atom. The summed E-state index contributed by atoms with van der Waals surface area (Å²) in [4.78, 5) is 0. The zero-order valence-electron chi connectivity index (χ0n) is 11.4. The van der Waals surface area contributed by atoms with E-state index in [1.165, 1.54) is 24.0 Å². The van der Waals surface area contributed by atoms with Crippen molar-refractivity contribution in [2.45, 2.75) is 33.1 Å². The maximum Gasteiger partial charge on any atom is -0.0105 e. The van der Waals surface area contributed by atoms with E-state index in [1.807, 2.05) is 0 Å². The van der Waals surface area contributed by atoms with Crippen LogP contribution in [0.2, 0.25) is 0 Å². The summed E-state index contributed by atoms with van der Waals surface area (Å²) in [7, 11) is 0. The zero-order chi connectivity index (χ0) is 12.8. The summed E-state index contributed by atoms with van der Waals surface area (Å²) in [5.41, 5.74) is 3.01. The predicted octanol–water partition coefficient (Wildman–Crippen LogP) is 5.39. The van der Waals surface area contributed by atoms with Gasteiger partial charge in [-0.1, -0.05) is 67.6 Å².